The summed E-state index contributed by atoms with van der Waals surface area (Å²) in [5.74, 6) is -6.51. The second kappa shape index (κ2) is 11.1. The number of primary amides is 1. The number of likely N-dealkylation sites (N-methyl/N-ethyl adjacent to an activating group) is 1. The SMILES string of the molecule is CN(C)[C@H]1C(=O)C(C(N)=O)=C(O)[C@@]2(O)C(=O)C3=C(O)c4c(ccc(NC5CCN(Cc6ccccc6)CC5)c4O)C[C@@H]3C[C@H]12. The Morgan fingerprint density at radius 2 is 1.75 bits per heavy atom. The monoisotopic (exact) mass is 602 g/mol. The lowest BCUT2D eigenvalue weighted by Gasteiger charge is -2.50. The molecule has 11 heteroatoms. The highest BCUT2D eigenvalue weighted by Gasteiger charge is 2.64. The standard InChI is InChI=1S/C33H38N4O7/c1-36(2)26-21-15-19-14-18-8-9-22(35-20-10-12-37(13-11-20)16-17-6-4-3-5-7-17)27(38)23(18)28(39)24(19)30(41)33(21,44)31(42)25(29(26)40)32(34)43/h3-9,19-21,26,35,38-39,42,44H,10-16H2,1-2H3,(H2,34,43)/t19-,21-,26-,33+/m1/s1. The van der Waals surface area contributed by atoms with Crippen LogP contribution in [0.25, 0.3) is 5.76 Å². The summed E-state index contributed by atoms with van der Waals surface area (Å²) in [6.07, 6.45) is 2.03. The average Bonchev–Trinajstić information content (AvgIpc) is 2.97. The van der Waals surface area contributed by atoms with Gasteiger partial charge >= 0.3 is 0 Å². The predicted molar refractivity (Wildman–Crippen MR) is 163 cm³/mol. The van der Waals surface area contributed by atoms with Crippen molar-refractivity contribution in [1.29, 1.82) is 0 Å². The van der Waals surface area contributed by atoms with E-state index in [-0.39, 0.29) is 35.8 Å². The number of aliphatic hydroxyl groups excluding tert-OH is 2. The van der Waals surface area contributed by atoms with E-state index < -0.39 is 58.0 Å². The van der Waals surface area contributed by atoms with Crippen LogP contribution in [-0.2, 0) is 27.3 Å². The molecular formula is C33H38N4O7. The van der Waals surface area contributed by atoms with Gasteiger partial charge < -0.3 is 31.5 Å². The third-order valence-corrected chi connectivity index (χ3v) is 9.79. The third-order valence-electron chi connectivity index (χ3n) is 9.79. The Kier molecular flexibility index (Phi) is 7.51. The molecule has 44 heavy (non-hydrogen) atoms. The molecule has 1 heterocycles. The first kappa shape index (κ1) is 29.9. The van der Waals surface area contributed by atoms with Crippen LogP contribution in [0.4, 0.5) is 5.69 Å². The number of phenols is 1. The minimum absolute atomic E-state index is 0.0636. The molecule has 0 aromatic heterocycles. The first-order valence-corrected chi connectivity index (χ1v) is 15.0. The van der Waals surface area contributed by atoms with Gasteiger partial charge in [-0.3, -0.25) is 24.2 Å². The number of amides is 1. The molecule has 0 unspecified atom stereocenters. The number of benzene rings is 2. The first-order valence-electron chi connectivity index (χ1n) is 15.0. The van der Waals surface area contributed by atoms with Crippen LogP contribution in [0.15, 0.2) is 59.4 Å². The van der Waals surface area contributed by atoms with E-state index in [0.717, 1.165) is 32.5 Å². The highest BCUT2D eigenvalue weighted by atomic mass is 16.3. The van der Waals surface area contributed by atoms with Crippen LogP contribution >= 0.6 is 0 Å². The summed E-state index contributed by atoms with van der Waals surface area (Å²) in [6.45, 7) is 2.63. The van der Waals surface area contributed by atoms with Crippen LogP contribution in [0, 0.1) is 11.8 Å². The Labute approximate surface area is 255 Å². The number of Topliss-reactive ketones (excluding diaryl/α,β-unsaturated/α-hetero) is 2. The van der Waals surface area contributed by atoms with Crippen molar-refractivity contribution in [3.8, 4) is 5.75 Å². The lowest BCUT2D eigenvalue weighted by Crippen LogP contribution is -2.65. The molecule has 4 atom stereocenters. The number of nitrogens with one attached hydrogen (secondary N) is 1. The molecule has 2 aromatic rings. The van der Waals surface area contributed by atoms with Crippen LogP contribution in [-0.4, -0.2) is 92.6 Å². The van der Waals surface area contributed by atoms with E-state index in [1.807, 2.05) is 18.2 Å². The molecule has 2 fully saturated rings. The molecule has 4 aliphatic rings. The zero-order valence-electron chi connectivity index (χ0n) is 24.8. The Morgan fingerprint density at radius 3 is 2.39 bits per heavy atom. The molecule has 0 spiro atoms. The fraction of sp³-hybridized carbons (Fsp3) is 0.424. The normalized spacial score (nSPS) is 27.7. The Hall–Kier alpha value is -4.19. The maximum absolute atomic E-state index is 14.0. The van der Waals surface area contributed by atoms with Gasteiger partial charge in [0.2, 0.25) is 5.78 Å². The second-order valence-corrected chi connectivity index (χ2v) is 12.6. The smallest absolute Gasteiger partial charge is 0.255 e. The summed E-state index contributed by atoms with van der Waals surface area (Å²) in [6, 6.07) is 12.8. The molecule has 3 aliphatic carbocycles. The highest BCUT2D eigenvalue weighted by Crippen LogP contribution is 2.53. The summed E-state index contributed by atoms with van der Waals surface area (Å²) in [5.41, 5.74) is 4.16. The number of carbonyl (C=O) groups excluding carboxylic acids is 3. The molecule has 1 aliphatic heterocycles. The molecule has 0 bridgehead atoms. The fourth-order valence-corrected chi connectivity index (χ4v) is 7.63. The minimum Gasteiger partial charge on any atom is -0.508 e. The van der Waals surface area contributed by atoms with E-state index in [1.54, 1.807) is 26.2 Å². The molecule has 6 rings (SSSR count). The molecule has 1 amide bonds. The van der Waals surface area contributed by atoms with Gasteiger partial charge in [0, 0.05) is 37.2 Å². The number of likely N-dealkylation sites (tertiary alicyclic amines) is 1. The number of anilines is 1. The van der Waals surface area contributed by atoms with Gasteiger partial charge in [-0.15, -0.1) is 0 Å². The topological polar surface area (TPSA) is 177 Å². The van der Waals surface area contributed by atoms with Gasteiger partial charge in [0.25, 0.3) is 5.91 Å². The summed E-state index contributed by atoms with van der Waals surface area (Å²) in [5, 5.41) is 49.0. The number of carbonyl (C=O) groups is 3. The molecule has 0 radical (unpaired) electrons. The van der Waals surface area contributed by atoms with Crippen molar-refractivity contribution < 1.29 is 34.8 Å². The molecule has 7 N–H and O–H groups in total. The van der Waals surface area contributed by atoms with E-state index in [9.17, 15) is 34.8 Å². The Balaban J connectivity index is 1.28. The second-order valence-electron chi connectivity index (χ2n) is 12.6. The highest BCUT2D eigenvalue weighted by molar-refractivity contribution is 6.24. The number of ketones is 2. The van der Waals surface area contributed by atoms with Crippen molar-refractivity contribution in [3.63, 3.8) is 0 Å². The fourth-order valence-electron chi connectivity index (χ4n) is 7.63. The number of phenolic OH excluding ortho intramolecular Hbond substituents is 1. The number of piperidine rings is 1. The van der Waals surface area contributed by atoms with Crippen molar-refractivity contribution >= 4 is 28.9 Å². The van der Waals surface area contributed by atoms with Gasteiger partial charge in [-0.1, -0.05) is 36.4 Å². The predicted octanol–water partition coefficient (Wildman–Crippen LogP) is 2.04. The summed E-state index contributed by atoms with van der Waals surface area (Å²) < 4.78 is 0. The number of hydrogen-bond donors (Lipinski definition) is 6. The van der Waals surface area contributed by atoms with E-state index in [4.69, 9.17) is 5.73 Å². The number of nitrogens with zero attached hydrogens (tertiary/aromatic N) is 2. The lowest BCUT2D eigenvalue weighted by molar-refractivity contribution is -0.153. The average molecular weight is 603 g/mol. The molecule has 232 valence electrons. The maximum Gasteiger partial charge on any atom is 0.255 e. The minimum atomic E-state index is -2.65. The van der Waals surface area contributed by atoms with Crippen LogP contribution in [0.2, 0.25) is 0 Å². The van der Waals surface area contributed by atoms with Gasteiger partial charge in [0.05, 0.1) is 17.3 Å². The van der Waals surface area contributed by atoms with Gasteiger partial charge in [-0.25, -0.2) is 0 Å². The summed E-state index contributed by atoms with van der Waals surface area (Å²) in [7, 11) is 3.15. The van der Waals surface area contributed by atoms with Gasteiger partial charge in [-0.2, -0.15) is 0 Å². The van der Waals surface area contributed by atoms with Crippen molar-refractivity contribution in [2.75, 3.05) is 32.5 Å². The van der Waals surface area contributed by atoms with E-state index in [0.29, 0.717) is 11.3 Å². The summed E-state index contributed by atoms with van der Waals surface area (Å²) in [4.78, 5) is 43.3. The quantitative estimate of drug-likeness (QED) is 0.212. The van der Waals surface area contributed by atoms with E-state index in [1.165, 1.54) is 10.5 Å². The van der Waals surface area contributed by atoms with Crippen molar-refractivity contribution in [2.24, 2.45) is 17.6 Å². The van der Waals surface area contributed by atoms with Gasteiger partial charge in [-0.05, 0) is 62.9 Å². The van der Waals surface area contributed by atoms with Crippen LogP contribution < -0.4 is 11.1 Å². The number of hydrogen-bond acceptors (Lipinski definition) is 10. The van der Waals surface area contributed by atoms with Crippen molar-refractivity contribution in [3.05, 3.63) is 76.1 Å². The Morgan fingerprint density at radius 1 is 1.07 bits per heavy atom. The van der Waals surface area contributed by atoms with Crippen molar-refractivity contribution in [2.45, 2.75) is 49.9 Å². The number of aliphatic hydroxyl groups is 3. The van der Waals surface area contributed by atoms with E-state index >= 15 is 0 Å². The number of aromatic hydroxyl groups is 1. The van der Waals surface area contributed by atoms with Gasteiger partial charge in [0.1, 0.15) is 22.8 Å². The zero-order chi connectivity index (χ0) is 31.5. The maximum atomic E-state index is 14.0. The largest absolute Gasteiger partial charge is 0.508 e. The first-order chi connectivity index (χ1) is 20.9. The molecule has 1 saturated carbocycles. The molecule has 11 nitrogen and oxygen atoms in total. The number of fused-ring (bicyclic) bond motifs is 3. The van der Waals surface area contributed by atoms with E-state index in [2.05, 4.69) is 22.3 Å². The van der Waals surface area contributed by atoms with Gasteiger partial charge in [0.15, 0.2) is 11.4 Å². The summed E-state index contributed by atoms with van der Waals surface area (Å²) >= 11 is 0. The number of rotatable bonds is 6. The lowest BCUT2D eigenvalue weighted by atomic mass is 9.57. The number of nitrogens with two attached hydrogens (primary N) is 1. The third kappa shape index (κ3) is 4.66. The molecular weight excluding hydrogens is 564 g/mol. The molecule has 1 saturated heterocycles. The Bertz CT molecular complexity index is 1590. The van der Waals surface area contributed by atoms with Crippen LogP contribution in [0.1, 0.15) is 36.0 Å². The van der Waals surface area contributed by atoms with Crippen LogP contribution in [0.5, 0.6) is 5.75 Å². The van der Waals surface area contributed by atoms with Crippen LogP contribution in [0.3, 0.4) is 0 Å². The zero-order valence-corrected chi connectivity index (χ0v) is 24.8. The molecule has 2 aromatic carbocycles. The van der Waals surface area contributed by atoms with Crippen molar-refractivity contribution in [1.82, 2.24) is 9.80 Å².